The third-order valence-electron chi connectivity index (χ3n) is 5.14. The molecule has 0 spiro atoms. The van der Waals surface area contributed by atoms with Gasteiger partial charge in [0, 0.05) is 25.3 Å². The molecule has 7 nitrogen and oxygen atoms in total. The lowest BCUT2D eigenvalue weighted by Crippen LogP contribution is -2.44. The van der Waals surface area contributed by atoms with E-state index in [0.717, 1.165) is 44.6 Å². The van der Waals surface area contributed by atoms with Crippen LogP contribution in [0.4, 0.5) is 15.3 Å². The molecule has 0 N–H and O–H groups in total. The Balaban J connectivity index is 1.43. The molecule has 0 radical (unpaired) electrons. The van der Waals surface area contributed by atoms with Gasteiger partial charge >= 0.3 is 0 Å². The number of nitrogens with zero attached hydrogens (tertiary/aromatic N) is 3. The standard InChI is InChI=1S/C23H21N3O4S2/c1-2-24(17-11-7-4-8-12-17)21-20(28)26(23(30)32-21)14-13-25-19(27)18(31-22(25)29)15-16-9-5-3-6-10-16/h3-12,15,21H,2,13-14H2,1H3. The van der Waals surface area contributed by atoms with Crippen molar-refractivity contribution in [1.29, 1.82) is 0 Å². The zero-order chi connectivity index (χ0) is 22.7. The van der Waals surface area contributed by atoms with E-state index in [-0.39, 0.29) is 24.2 Å². The monoisotopic (exact) mass is 467 g/mol. The van der Waals surface area contributed by atoms with Crippen LogP contribution in [-0.2, 0) is 9.59 Å². The minimum atomic E-state index is -0.664. The third-order valence-corrected chi connectivity index (χ3v) is 7.15. The Morgan fingerprint density at radius 3 is 2.16 bits per heavy atom. The maximum atomic E-state index is 13.0. The van der Waals surface area contributed by atoms with E-state index in [4.69, 9.17) is 0 Å². The van der Waals surface area contributed by atoms with E-state index in [1.165, 1.54) is 0 Å². The molecule has 0 saturated carbocycles. The van der Waals surface area contributed by atoms with Crippen molar-refractivity contribution in [2.45, 2.75) is 12.3 Å². The summed E-state index contributed by atoms with van der Waals surface area (Å²) in [7, 11) is 0. The van der Waals surface area contributed by atoms with Gasteiger partial charge in [-0.15, -0.1) is 0 Å². The summed E-state index contributed by atoms with van der Waals surface area (Å²) in [5.74, 6) is -0.746. The molecule has 2 aliphatic heterocycles. The first kappa shape index (κ1) is 22.2. The number of hydrogen-bond donors (Lipinski definition) is 0. The van der Waals surface area contributed by atoms with Gasteiger partial charge in [-0.2, -0.15) is 0 Å². The number of benzene rings is 2. The Labute approximate surface area is 194 Å². The summed E-state index contributed by atoms with van der Waals surface area (Å²) in [6.07, 6.45) is 1.67. The van der Waals surface area contributed by atoms with Crippen molar-refractivity contribution in [2.75, 3.05) is 24.5 Å². The highest BCUT2D eigenvalue weighted by atomic mass is 32.2. The number of imide groups is 2. The van der Waals surface area contributed by atoms with Crippen LogP contribution in [0.3, 0.4) is 0 Å². The van der Waals surface area contributed by atoms with Crippen LogP contribution in [0.2, 0.25) is 0 Å². The van der Waals surface area contributed by atoms with Gasteiger partial charge in [-0.05, 0) is 54.2 Å². The van der Waals surface area contributed by atoms with E-state index in [0.29, 0.717) is 11.4 Å². The molecular formula is C23H21N3O4S2. The molecule has 2 saturated heterocycles. The molecule has 1 atom stereocenters. The molecule has 32 heavy (non-hydrogen) atoms. The van der Waals surface area contributed by atoms with Gasteiger partial charge in [0.15, 0.2) is 5.37 Å². The summed E-state index contributed by atoms with van der Waals surface area (Å²) in [6, 6.07) is 18.7. The summed E-state index contributed by atoms with van der Waals surface area (Å²) in [4.78, 5) is 55.1. The van der Waals surface area contributed by atoms with E-state index in [1.54, 1.807) is 6.08 Å². The molecular weight excluding hydrogens is 446 g/mol. The van der Waals surface area contributed by atoms with Crippen molar-refractivity contribution < 1.29 is 19.2 Å². The average molecular weight is 468 g/mol. The molecule has 0 bridgehead atoms. The van der Waals surface area contributed by atoms with Gasteiger partial charge < -0.3 is 4.90 Å². The molecule has 0 aliphatic carbocycles. The van der Waals surface area contributed by atoms with Crippen LogP contribution in [0.25, 0.3) is 6.08 Å². The van der Waals surface area contributed by atoms with Crippen LogP contribution >= 0.6 is 23.5 Å². The SMILES string of the molecule is CCN(c1ccccc1)C1SC(=O)N(CCN2C(=O)SC(=Cc3ccccc3)C2=O)C1=O. The normalized spacial score (nSPS) is 20.0. The van der Waals surface area contributed by atoms with E-state index >= 15 is 0 Å². The second-order valence-corrected chi connectivity index (χ2v) is 9.12. The number of para-hydroxylation sites is 1. The highest BCUT2D eigenvalue weighted by molar-refractivity contribution is 8.18. The smallest absolute Gasteiger partial charge is 0.293 e. The number of carbonyl (C=O) groups excluding carboxylic acids is 4. The van der Waals surface area contributed by atoms with Crippen molar-refractivity contribution in [1.82, 2.24) is 9.80 Å². The Kier molecular flexibility index (Phi) is 6.66. The molecule has 4 amide bonds. The molecule has 2 heterocycles. The van der Waals surface area contributed by atoms with Crippen LogP contribution in [0.5, 0.6) is 0 Å². The summed E-state index contributed by atoms with van der Waals surface area (Å²) in [5, 5.41) is -1.44. The van der Waals surface area contributed by atoms with Gasteiger partial charge in [-0.1, -0.05) is 48.5 Å². The molecule has 2 fully saturated rings. The fourth-order valence-electron chi connectivity index (χ4n) is 3.53. The maximum absolute atomic E-state index is 13.0. The van der Waals surface area contributed by atoms with Gasteiger partial charge in [0.25, 0.3) is 22.3 Å². The number of anilines is 1. The number of amides is 4. The number of carbonyl (C=O) groups is 4. The molecule has 2 aliphatic rings. The summed E-state index contributed by atoms with van der Waals surface area (Å²) in [5.41, 5.74) is 1.68. The van der Waals surface area contributed by atoms with Crippen LogP contribution in [-0.4, -0.2) is 57.1 Å². The topological polar surface area (TPSA) is 78.0 Å². The van der Waals surface area contributed by atoms with E-state index in [9.17, 15) is 19.2 Å². The van der Waals surface area contributed by atoms with Crippen LogP contribution < -0.4 is 4.90 Å². The Bertz CT molecular complexity index is 1080. The molecule has 2 aromatic carbocycles. The number of rotatable bonds is 7. The molecule has 9 heteroatoms. The van der Waals surface area contributed by atoms with Crippen molar-refractivity contribution in [3.8, 4) is 0 Å². The number of thioether (sulfide) groups is 2. The van der Waals surface area contributed by atoms with Crippen molar-refractivity contribution >= 4 is 57.6 Å². The Morgan fingerprint density at radius 1 is 0.875 bits per heavy atom. The summed E-state index contributed by atoms with van der Waals surface area (Å²) < 4.78 is 0. The molecule has 1 unspecified atom stereocenters. The Hall–Kier alpha value is -3.04. The van der Waals surface area contributed by atoms with Crippen LogP contribution in [0.15, 0.2) is 65.6 Å². The second-order valence-electron chi connectivity index (χ2n) is 7.09. The first-order valence-electron chi connectivity index (χ1n) is 10.1. The zero-order valence-corrected chi connectivity index (χ0v) is 19.0. The quantitative estimate of drug-likeness (QED) is 0.563. The molecule has 0 aromatic heterocycles. The van der Waals surface area contributed by atoms with Gasteiger partial charge in [-0.3, -0.25) is 29.0 Å². The molecule has 4 rings (SSSR count). The van der Waals surface area contributed by atoms with Gasteiger partial charge in [0.05, 0.1) is 4.91 Å². The first-order valence-corrected chi connectivity index (χ1v) is 11.8. The lowest BCUT2D eigenvalue weighted by molar-refractivity contribution is -0.128. The molecule has 164 valence electrons. The number of hydrogen-bond acceptors (Lipinski definition) is 7. The maximum Gasteiger partial charge on any atom is 0.293 e. The van der Waals surface area contributed by atoms with Crippen molar-refractivity contribution in [2.24, 2.45) is 0 Å². The van der Waals surface area contributed by atoms with E-state index < -0.39 is 16.5 Å². The lowest BCUT2D eigenvalue weighted by atomic mass is 10.2. The molecule has 2 aromatic rings. The highest BCUT2D eigenvalue weighted by Crippen LogP contribution is 2.34. The average Bonchev–Trinajstić information content (AvgIpc) is 3.23. The summed E-state index contributed by atoms with van der Waals surface area (Å²) in [6.45, 7) is 2.43. The Morgan fingerprint density at radius 2 is 1.50 bits per heavy atom. The lowest BCUT2D eigenvalue weighted by Gasteiger charge is -2.27. The van der Waals surface area contributed by atoms with Crippen LogP contribution in [0.1, 0.15) is 12.5 Å². The number of likely N-dealkylation sites (N-methyl/N-ethyl adjacent to an activating group) is 1. The van der Waals surface area contributed by atoms with Gasteiger partial charge in [-0.25, -0.2) is 0 Å². The van der Waals surface area contributed by atoms with Gasteiger partial charge in [0.1, 0.15) is 0 Å². The van der Waals surface area contributed by atoms with E-state index in [2.05, 4.69) is 0 Å². The fourth-order valence-corrected chi connectivity index (χ4v) is 5.52. The fraction of sp³-hybridized carbons (Fsp3) is 0.217. The van der Waals surface area contributed by atoms with Crippen molar-refractivity contribution in [3.05, 3.63) is 71.1 Å². The van der Waals surface area contributed by atoms with Crippen molar-refractivity contribution in [3.63, 3.8) is 0 Å². The zero-order valence-electron chi connectivity index (χ0n) is 17.3. The summed E-state index contributed by atoms with van der Waals surface area (Å²) >= 11 is 1.82. The largest absolute Gasteiger partial charge is 0.351 e. The van der Waals surface area contributed by atoms with Crippen LogP contribution in [0, 0.1) is 0 Å². The second kappa shape index (κ2) is 9.62. The third kappa shape index (κ3) is 4.44. The van der Waals surface area contributed by atoms with E-state index in [1.807, 2.05) is 72.5 Å². The minimum absolute atomic E-state index is 0.0236. The predicted octanol–water partition coefficient (Wildman–Crippen LogP) is 4.27. The minimum Gasteiger partial charge on any atom is -0.351 e. The van der Waals surface area contributed by atoms with Gasteiger partial charge in [0.2, 0.25) is 0 Å². The highest BCUT2D eigenvalue weighted by Gasteiger charge is 2.44. The first-order chi connectivity index (χ1) is 15.5. The predicted molar refractivity (Wildman–Crippen MR) is 127 cm³/mol.